The van der Waals surface area contributed by atoms with Crippen LogP contribution in [0.15, 0.2) is 106 Å². The normalized spacial score (nSPS) is 14.7. The lowest BCUT2D eigenvalue weighted by Gasteiger charge is -2.25. The highest BCUT2D eigenvalue weighted by molar-refractivity contribution is 14.1. The maximum absolute atomic E-state index is 14.2. The fraction of sp³-hybridized carbons (Fsp3) is 0.171. The van der Waals surface area contributed by atoms with Gasteiger partial charge in [-0.05, 0) is 69.1 Å². The molecule has 1 atom stereocenters. The van der Waals surface area contributed by atoms with Gasteiger partial charge in [-0.3, -0.25) is 9.36 Å². The van der Waals surface area contributed by atoms with Crippen LogP contribution in [-0.2, 0) is 16.1 Å². The molecule has 2 heterocycles. The van der Waals surface area contributed by atoms with Crippen molar-refractivity contribution in [1.29, 1.82) is 0 Å². The van der Waals surface area contributed by atoms with E-state index in [-0.39, 0.29) is 5.56 Å². The highest BCUT2D eigenvalue weighted by atomic mass is 127. The first-order valence-electron chi connectivity index (χ1n) is 14.1. The third kappa shape index (κ3) is 5.57. The largest absolute Gasteiger partial charge is 0.493 e. The van der Waals surface area contributed by atoms with Crippen molar-refractivity contribution in [3.8, 4) is 11.5 Å². The molecule has 0 spiro atoms. The predicted octanol–water partition coefficient (Wildman–Crippen LogP) is 6.14. The molecule has 7 nitrogen and oxygen atoms in total. The molecule has 6 rings (SSSR count). The van der Waals surface area contributed by atoms with Crippen molar-refractivity contribution in [1.82, 2.24) is 4.57 Å². The molecule has 4 aromatic carbocycles. The maximum atomic E-state index is 14.2. The van der Waals surface area contributed by atoms with Crippen LogP contribution in [0.3, 0.4) is 0 Å². The first-order valence-corrected chi connectivity index (χ1v) is 16.0. The van der Waals surface area contributed by atoms with E-state index in [0.717, 1.165) is 25.5 Å². The zero-order valence-electron chi connectivity index (χ0n) is 24.4. The van der Waals surface area contributed by atoms with E-state index in [1.807, 2.05) is 79.7 Å². The topological polar surface area (TPSA) is 79.1 Å². The number of methoxy groups -OCH3 is 2. The van der Waals surface area contributed by atoms with Gasteiger partial charge in [0.15, 0.2) is 16.3 Å². The molecule has 1 aromatic heterocycles. The summed E-state index contributed by atoms with van der Waals surface area (Å²) in [4.78, 5) is 32.5. The zero-order chi connectivity index (χ0) is 30.8. The monoisotopic (exact) mass is 716 g/mol. The van der Waals surface area contributed by atoms with Gasteiger partial charge in [0.05, 0.1) is 36.1 Å². The molecule has 0 fully saturated rings. The van der Waals surface area contributed by atoms with Crippen molar-refractivity contribution in [3.63, 3.8) is 0 Å². The number of hydrogen-bond donors (Lipinski definition) is 0. The number of carbonyl (C=O) groups excluding carboxylic acids is 1. The second-order valence-corrected chi connectivity index (χ2v) is 12.4. The number of hydrogen-bond acceptors (Lipinski definition) is 7. The number of carbonyl (C=O) groups is 1. The minimum Gasteiger partial charge on any atom is -0.493 e. The lowest BCUT2D eigenvalue weighted by atomic mass is 9.95. The van der Waals surface area contributed by atoms with E-state index in [4.69, 9.17) is 19.2 Å². The molecule has 0 N–H and O–H groups in total. The van der Waals surface area contributed by atoms with Crippen molar-refractivity contribution >= 4 is 56.7 Å². The van der Waals surface area contributed by atoms with E-state index in [1.54, 1.807) is 11.7 Å². The molecule has 0 amide bonds. The van der Waals surface area contributed by atoms with Crippen LogP contribution in [0.1, 0.15) is 36.1 Å². The summed E-state index contributed by atoms with van der Waals surface area (Å²) in [7, 11) is 2.95. The Bertz CT molecular complexity index is 2090. The Morgan fingerprint density at radius 1 is 1.02 bits per heavy atom. The summed E-state index contributed by atoms with van der Waals surface area (Å²) >= 11 is 3.51. The van der Waals surface area contributed by atoms with Crippen molar-refractivity contribution in [2.75, 3.05) is 14.2 Å². The number of esters is 1. The quantitative estimate of drug-likeness (QED) is 0.143. The fourth-order valence-electron chi connectivity index (χ4n) is 5.53. The van der Waals surface area contributed by atoms with E-state index < -0.39 is 12.0 Å². The number of fused-ring (bicyclic) bond motifs is 2. The third-order valence-corrected chi connectivity index (χ3v) is 9.18. The highest BCUT2D eigenvalue weighted by Gasteiger charge is 2.33. The van der Waals surface area contributed by atoms with E-state index in [9.17, 15) is 9.59 Å². The second kappa shape index (κ2) is 12.8. The number of benzene rings is 4. The standard InChI is InChI=1S/C35H29IN2O5S/c1-4-27-30(34(40)42-3)31(22-12-6-5-7-13-22)38-33(39)29(44-35(38)37-27)18-24-17-25(36)19-28(41-2)32(24)43-20-23-15-10-14-21-11-8-9-16-26(21)23/h5-19,31H,4,20H2,1-3H3/b29-18+/t31-/m0/s1. The van der Waals surface area contributed by atoms with Gasteiger partial charge in [0.2, 0.25) is 0 Å². The van der Waals surface area contributed by atoms with Crippen molar-refractivity contribution in [2.45, 2.75) is 26.0 Å². The summed E-state index contributed by atoms with van der Waals surface area (Å²) in [5, 5.41) is 2.25. The molecule has 1 aliphatic rings. The second-order valence-electron chi connectivity index (χ2n) is 10.2. The van der Waals surface area contributed by atoms with Crippen LogP contribution >= 0.6 is 33.9 Å². The van der Waals surface area contributed by atoms with Crippen LogP contribution in [0.25, 0.3) is 16.8 Å². The number of allylic oxidation sites excluding steroid dienone is 1. The summed E-state index contributed by atoms with van der Waals surface area (Å²) in [5.74, 6) is 0.607. The summed E-state index contributed by atoms with van der Waals surface area (Å²) in [6, 6.07) is 27.0. The molecule has 5 aromatic rings. The molecule has 44 heavy (non-hydrogen) atoms. The summed E-state index contributed by atoms with van der Waals surface area (Å²) in [6.45, 7) is 2.26. The van der Waals surface area contributed by atoms with E-state index in [2.05, 4.69) is 40.8 Å². The molecule has 0 radical (unpaired) electrons. The molecule has 0 bridgehead atoms. The van der Waals surface area contributed by atoms with Crippen molar-refractivity contribution in [3.05, 3.63) is 136 Å². The minimum atomic E-state index is -0.662. The van der Waals surface area contributed by atoms with Crippen LogP contribution in [-0.4, -0.2) is 24.8 Å². The fourth-order valence-corrected chi connectivity index (χ4v) is 7.16. The lowest BCUT2D eigenvalue weighted by molar-refractivity contribution is -0.136. The SMILES string of the molecule is CCC1=C(C(=O)OC)[C@H](c2ccccc2)n2c(s/c(=C/c3cc(I)cc(OC)c3OCc3cccc4ccccc34)c2=O)=N1. The van der Waals surface area contributed by atoms with Crippen molar-refractivity contribution < 1.29 is 19.0 Å². The molecule has 9 heteroatoms. The van der Waals surface area contributed by atoms with Gasteiger partial charge in [0, 0.05) is 9.13 Å². The average molecular weight is 717 g/mol. The van der Waals surface area contributed by atoms with Gasteiger partial charge in [-0.1, -0.05) is 91.1 Å². The molecule has 1 aliphatic heterocycles. The van der Waals surface area contributed by atoms with Crippen molar-refractivity contribution in [2.24, 2.45) is 4.99 Å². The Labute approximate surface area is 271 Å². The molecule has 0 aliphatic carbocycles. The number of aromatic nitrogens is 1. The van der Waals surface area contributed by atoms with E-state index in [0.29, 0.717) is 50.7 Å². The molecular weight excluding hydrogens is 687 g/mol. The number of nitrogens with zero attached hydrogens (tertiary/aromatic N) is 2. The summed E-state index contributed by atoms with van der Waals surface area (Å²) in [6.07, 6.45) is 2.33. The number of rotatable bonds is 8. The molecule has 0 unspecified atom stereocenters. The Balaban J connectivity index is 1.50. The average Bonchev–Trinajstić information content (AvgIpc) is 3.36. The zero-order valence-corrected chi connectivity index (χ0v) is 27.3. The van der Waals surface area contributed by atoms with E-state index in [1.165, 1.54) is 18.4 Å². The number of ether oxygens (including phenoxy) is 3. The van der Waals surface area contributed by atoms with Gasteiger partial charge in [0.1, 0.15) is 6.61 Å². The molecule has 0 saturated carbocycles. The van der Waals surface area contributed by atoms with Gasteiger partial charge in [-0.2, -0.15) is 0 Å². The van der Waals surface area contributed by atoms with Crippen LogP contribution in [0.5, 0.6) is 11.5 Å². The van der Waals surface area contributed by atoms with Gasteiger partial charge in [-0.15, -0.1) is 0 Å². The predicted molar refractivity (Wildman–Crippen MR) is 181 cm³/mol. The molecular formula is C35H29IN2O5S. The Morgan fingerprint density at radius 2 is 1.77 bits per heavy atom. The Kier molecular flexibility index (Phi) is 8.67. The van der Waals surface area contributed by atoms with Gasteiger partial charge in [-0.25, -0.2) is 9.79 Å². The minimum absolute atomic E-state index is 0.253. The van der Waals surface area contributed by atoms with Gasteiger partial charge in [0.25, 0.3) is 5.56 Å². The number of thiazole rings is 1. The van der Waals surface area contributed by atoms with E-state index >= 15 is 0 Å². The molecule has 0 saturated heterocycles. The smallest absolute Gasteiger partial charge is 0.338 e. The first-order chi connectivity index (χ1) is 21.4. The van der Waals surface area contributed by atoms with Crippen LogP contribution < -0.4 is 24.4 Å². The number of halogens is 1. The third-order valence-electron chi connectivity index (χ3n) is 7.57. The van der Waals surface area contributed by atoms with Gasteiger partial charge < -0.3 is 14.2 Å². The first kappa shape index (κ1) is 29.8. The van der Waals surface area contributed by atoms with Crippen LogP contribution in [0, 0.1) is 3.57 Å². The van der Waals surface area contributed by atoms with Crippen LogP contribution in [0.2, 0.25) is 0 Å². The van der Waals surface area contributed by atoms with Gasteiger partial charge >= 0.3 is 5.97 Å². The maximum Gasteiger partial charge on any atom is 0.338 e. The van der Waals surface area contributed by atoms with Crippen LogP contribution in [0.4, 0.5) is 0 Å². The Morgan fingerprint density at radius 3 is 2.52 bits per heavy atom. The summed E-state index contributed by atoms with van der Waals surface area (Å²) in [5.41, 5.74) is 3.27. The summed E-state index contributed by atoms with van der Waals surface area (Å²) < 4.78 is 20.4. The highest BCUT2D eigenvalue weighted by Crippen LogP contribution is 2.36. The molecule has 222 valence electrons. The lowest BCUT2D eigenvalue weighted by Crippen LogP contribution is -2.40. The Hall–Kier alpha value is -4.22.